The minimum Gasteiger partial charge on any atom is -0.241 e. The number of hydrogen-bond donors (Lipinski definition) is 0. The van der Waals surface area contributed by atoms with E-state index in [-0.39, 0.29) is 5.02 Å². The van der Waals surface area contributed by atoms with Gasteiger partial charge in [-0.15, -0.1) is 5.10 Å². The number of nitrogens with zero attached hydrogens (tertiary/aromatic N) is 3. The van der Waals surface area contributed by atoms with Gasteiger partial charge in [0.05, 0.1) is 16.6 Å². The van der Waals surface area contributed by atoms with E-state index in [9.17, 15) is 4.39 Å². The van der Waals surface area contributed by atoms with Gasteiger partial charge in [0.2, 0.25) is 0 Å². The molecule has 0 atom stereocenters. The average Bonchev–Trinajstić information content (AvgIpc) is 2.58. The molecule has 0 spiro atoms. The molecule has 3 nitrogen and oxygen atoms in total. The third kappa shape index (κ3) is 1.71. The Morgan fingerprint density at radius 2 is 2.12 bits per heavy atom. The van der Waals surface area contributed by atoms with Gasteiger partial charge in [0, 0.05) is 6.07 Å². The van der Waals surface area contributed by atoms with Crippen LogP contribution in [-0.4, -0.2) is 15.0 Å². The lowest BCUT2D eigenvalue weighted by atomic mass is 9.68. The Kier molecular flexibility index (Phi) is 2.20. The molecule has 2 aromatic rings. The third-order valence-electron chi connectivity index (χ3n) is 3.44. The van der Waals surface area contributed by atoms with Crippen molar-refractivity contribution in [3.8, 4) is 0 Å². The summed E-state index contributed by atoms with van der Waals surface area (Å²) >= 11 is 5.72. The number of fused-ring (bicyclic) bond motifs is 1. The maximum atomic E-state index is 13.4. The van der Waals surface area contributed by atoms with Crippen LogP contribution in [0.1, 0.15) is 32.7 Å². The van der Waals surface area contributed by atoms with E-state index < -0.39 is 5.82 Å². The average molecular weight is 254 g/mol. The van der Waals surface area contributed by atoms with E-state index in [2.05, 4.69) is 24.2 Å². The molecule has 1 aliphatic rings. The number of halogens is 2. The molecule has 0 amide bonds. The first-order valence-corrected chi connectivity index (χ1v) is 6.04. The van der Waals surface area contributed by atoms with Crippen molar-refractivity contribution < 1.29 is 4.39 Å². The van der Waals surface area contributed by atoms with Crippen LogP contribution in [0.3, 0.4) is 0 Å². The maximum Gasteiger partial charge on any atom is 0.144 e. The predicted octanol–water partition coefficient (Wildman–Crippen LogP) is 3.58. The van der Waals surface area contributed by atoms with E-state index in [1.165, 1.54) is 12.1 Å². The maximum absolute atomic E-state index is 13.4. The zero-order chi connectivity index (χ0) is 12.2. The van der Waals surface area contributed by atoms with Crippen LogP contribution in [0.2, 0.25) is 5.02 Å². The number of benzene rings is 1. The largest absolute Gasteiger partial charge is 0.241 e. The minimum absolute atomic E-state index is 0.0958. The molecular formula is C12H13ClFN3. The molecule has 0 bridgehead atoms. The molecule has 0 unspecified atom stereocenters. The predicted molar refractivity (Wildman–Crippen MR) is 64.5 cm³/mol. The van der Waals surface area contributed by atoms with Gasteiger partial charge in [-0.1, -0.05) is 30.7 Å². The summed E-state index contributed by atoms with van der Waals surface area (Å²) in [5, 5.41) is 8.24. The van der Waals surface area contributed by atoms with Crippen LogP contribution in [0, 0.1) is 11.2 Å². The second-order valence-electron chi connectivity index (χ2n) is 5.52. The quantitative estimate of drug-likeness (QED) is 0.778. The summed E-state index contributed by atoms with van der Waals surface area (Å²) in [5.41, 5.74) is 1.74. The summed E-state index contributed by atoms with van der Waals surface area (Å²) < 4.78 is 15.3. The van der Waals surface area contributed by atoms with Crippen LogP contribution in [0.5, 0.6) is 0 Å². The van der Waals surface area contributed by atoms with Gasteiger partial charge in [-0.3, -0.25) is 0 Å². The standard InChI is InChI=1S/C12H13ClFN3/c1-12(2)5-7(6-12)17-11-4-9(14)8(13)3-10(11)15-16-17/h3-4,7H,5-6H2,1-2H3. The van der Waals surface area contributed by atoms with Gasteiger partial charge in [0.1, 0.15) is 11.3 Å². The summed E-state index contributed by atoms with van der Waals surface area (Å²) in [7, 11) is 0. The summed E-state index contributed by atoms with van der Waals surface area (Å²) in [4.78, 5) is 0. The second-order valence-corrected chi connectivity index (χ2v) is 5.92. The van der Waals surface area contributed by atoms with Crippen molar-refractivity contribution in [2.75, 3.05) is 0 Å². The van der Waals surface area contributed by atoms with E-state index in [1.807, 2.05) is 4.68 Å². The van der Waals surface area contributed by atoms with Gasteiger partial charge in [0.15, 0.2) is 0 Å². The molecule has 1 aliphatic carbocycles. The van der Waals surface area contributed by atoms with Crippen molar-refractivity contribution in [2.24, 2.45) is 5.41 Å². The van der Waals surface area contributed by atoms with Gasteiger partial charge < -0.3 is 0 Å². The molecule has 1 heterocycles. The number of rotatable bonds is 1. The molecule has 3 rings (SSSR count). The Morgan fingerprint density at radius 3 is 2.76 bits per heavy atom. The summed E-state index contributed by atoms with van der Waals surface area (Å²) in [6.45, 7) is 4.44. The molecule has 0 radical (unpaired) electrons. The monoisotopic (exact) mass is 253 g/mol. The van der Waals surface area contributed by atoms with Crippen molar-refractivity contribution in [1.29, 1.82) is 0 Å². The Hall–Kier alpha value is -1.16. The van der Waals surface area contributed by atoms with Gasteiger partial charge >= 0.3 is 0 Å². The van der Waals surface area contributed by atoms with Crippen LogP contribution < -0.4 is 0 Å². The molecule has 0 N–H and O–H groups in total. The van der Waals surface area contributed by atoms with Crippen molar-refractivity contribution in [3.63, 3.8) is 0 Å². The van der Waals surface area contributed by atoms with Crippen LogP contribution in [0.15, 0.2) is 12.1 Å². The lowest BCUT2D eigenvalue weighted by Crippen LogP contribution is -2.34. The normalized spacial score (nSPS) is 19.5. The fraction of sp³-hybridized carbons (Fsp3) is 0.500. The Balaban J connectivity index is 2.04. The van der Waals surface area contributed by atoms with Gasteiger partial charge in [-0.25, -0.2) is 9.07 Å². The van der Waals surface area contributed by atoms with E-state index in [0.717, 1.165) is 18.4 Å². The smallest absolute Gasteiger partial charge is 0.144 e. The van der Waals surface area contributed by atoms with E-state index in [4.69, 9.17) is 11.6 Å². The van der Waals surface area contributed by atoms with Gasteiger partial charge in [-0.2, -0.15) is 0 Å². The van der Waals surface area contributed by atoms with Crippen molar-refractivity contribution >= 4 is 22.6 Å². The first-order chi connectivity index (χ1) is 7.96. The molecule has 1 saturated carbocycles. The highest BCUT2D eigenvalue weighted by Gasteiger charge is 2.38. The van der Waals surface area contributed by atoms with E-state index in [0.29, 0.717) is 17.0 Å². The third-order valence-corrected chi connectivity index (χ3v) is 3.73. The van der Waals surface area contributed by atoms with Crippen LogP contribution in [0.4, 0.5) is 4.39 Å². The first-order valence-electron chi connectivity index (χ1n) is 5.66. The van der Waals surface area contributed by atoms with Crippen molar-refractivity contribution in [1.82, 2.24) is 15.0 Å². The molecule has 0 saturated heterocycles. The number of hydrogen-bond acceptors (Lipinski definition) is 2. The molecule has 0 aliphatic heterocycles. The highest BCUT2D eigenvalue weighted by molar-refractivity contribution is 6.31. The van der Waals surface area contributed by atoms with Crippen molar-refractivity contribution in [2.45, 2.75) is 32.7 Å². The van der Waals surface area contributed by atoms with Crippen molar-refractivity contribution in [3.05, 3.63) is 23.0 Å². The van der Waals surface area contributed by atoms with Gasteiger partial charge in [0.25, 0.3) is 0 Å². The molecule has 1 fully saturated rings. The molecule has 17 heavy (non-hydrogen) atoms. The van der Waals surface area contributed by atoms with Crippen LogP contribution >= 0.6 is 11.6 Å². The van der Waals surface area contributed by atoms with Crippen LogP contribution in [-0.2, 0) is 0 Å². The summed E-state index contributed by atoms with van der Waals surface area (Å²) in [5.74, 6) is -0.415. The van der Waals surface area contributed by atoms with Gasteiger partial charge in [-0.05, 0) is 24.3 Å². The highest BCUT2D eigenvalue weighted by atomic mass is 35.5. The van der Waals surface area contributed by atoms with E-state index >= 15 is 0 Å². The zero-order valence-electron chi connectivity index (χ0n) is 9.74. The molecule has 90 valence electrons. The zero-order valence-corrected chi connectivity index (χ0v) is 10.5. The SMILES string of the molecule is CC1(C)CC(n2nnc3cc(Cl)c(F)cc32)C1. The molecule has 1 aromatic heterocycles. The lowest BCUT2D eigenvalue weighted by molar-refractivity contribution is 0.0966. The fourth-order valence-electron chi connectivity index (χ4n) is 2.59. The first kappa shape index (κ1) is 11.0. The van der Waals surface area contributed by atoms with Crippen LogP contribution in [0.25, 0.3) is 11.0 Å². The fourth-order valence-corrected chi connectivity index (χ4v) is 2.75. The topological polar surface area (TPSA) is 30.7 Å². The Bertz CT molecular complexity index is 583. The van der Waals surface area contributed by atoms with E-state index in [1.54, 1.807) is 0 Å². The number of aromatic nitrogens is 3. The minimum atomic E-state index is -0.415. The molecule has 1 aromatic carbocycles. The lowest BCUT2D eigenvalue weighted by Gasteiger charge is -2.42. The summed E-state index contributed by atoms with van der Waals surface area (Å²) in [6, 6.07) is 3.28. The second kappa shape index (κ2) is 3.42. The Labute approximate surface area is 104 Å². The highest BCUT2D eigenvalue weighted by Crippen LogP contribution is 2.48. The Morgan fingerprint density at radius 1 is 1.41 bits per heavy atom. The molecular weight excluding hydrogens is 241 g/mol. The summed E-state index contributed by atoms with van der Waals surface area (Å²) in [6.07, 6.45) is 2.10. The molecule has 5 heteroatoms.